The summed E-state index contributed by atoms with van der Waals surface area (Å²) in [5.74, 6) is 0.709. The van der Waals surface area contributed by atoms with Crippen LogP contribution in [0.3, 0.4) is 0 Å². The summed E-state index contributed by atoms with van der Waals surface area (Å²) in [6.07, 6.45) is 3.25. The fraction of sp³-hybridized carbons (Fsp3) is 0.214. The van der Waals surface area contributed by atoms with Crippen molar-refractivity contribution in [2.24, 2.45) is 5.73 Å². The van der Waals surface area contributed by atoms with Gasteiger partial charge in [0.25, 0.3) is 0 Å². The first-order valence-corrected chi connectivity index (χ1v) is 6.52. The van der Waals surface area contributed by atoms with Crippen molar-refractivity contribution in [1.82, 2.24) is 4.98 Å². The number of aryl methyl sites for hydroxylation is 1. The number of hydrogen-bond donors (Lipinski definition) is 1. The second-order valence-electron chi connectivity index (χ2n) is 4.09. The predicted octanol–water partition coefficient (Wildman–Crippen LogP) is 3.23. The molecule has 0 saturated carbocycles. The van der Waals surface area contributed by atoms with Crippen molar-refractivity contribution in [3.05, 3.63) is 58.3 Å². The zero-order valence-electron chi connectivity index (χ0n) is 10.1. The van der Waals surface area contributed by atoms with E-state index in [-0.39, 0.29) is 6.10 Å². The smallest absolute Gasteiger partial charge is 0.139 e. The van der Waals surface area contributed by atoms with E-state index in [1.807, 2.05) is 18.2 Å². The lowest BCUT2D eigenvalue weighted by Gasteiger charge is -2.17. The molecule has 0 amide bonds. The van der Waals surface area contributed by atoms with E-state index in [1.165, 1.54) is 5.56 Å². The molecule has 1 heterocycles. The third-order valence-corrected chi connectivity index (χ3v) is 3.06. The molecule has 0 saturated heterocycles. The molecule has 0 aliphatic rings. The van der Waals surface area contributed by atoms with Crippen LogP contribution in [-0.2, 0) is 0 Å². The third-order valence-electron chi connectivity index (χ3n) is 2.62. The van der Waals surface area contributed by atoms with Gasteiger partial charge in [0.05, 0.1) is 6.20 Å². The van der Waals surface area contributed by atoms with Gasteiger partial charge in [0.2, 0.25) is 0 Å². The number of ether oxygens (including phenoxy) is 1. The number of rotatable bonds is 4. The number of nitrogens with zero attached hydrogens (tertiary/aromatic N) is 1. The number of benzene rings is 1. The minimum atomic E-state index is -0.151. The predicted molar refractivity (Wildman–Crippen MR) is 75.5 cm³/mol. The highest BCUT2D eigenvalue weighted by Crippen LogP contribution is 2.23. The molecule has 0 spiro atoms. The van der Waals surface area contributed by atoms with E-state index in [2.05, 4.69) is 40.0 Å². The molecule has 0 aliphatic carbocycles. The number of aromatic nitrogens is 1. The Kier molecular flexibility index (Phi) is 4.33. The topological polar surface area (TPSA) is 48.1 Å². The van der Waals surface area contributed by atoms with Crippen LogP contribution >= 0.6 is 15.9 Å². The fourth-order valence-electron chi connectivity index (χ4n) is 1.65. The van der Waals surface area contributed by atoms with Gasteiger partial charge in [-0.05, 0) is 34.5 Å². The lowest BCUT2D eigenvalue weighted by molar-refractivity contribution is 0.213. The SMILES string of the molecule is Cc1ccc(C(CN)Oc2cncc(Br)c2)cc1. The number of hydrogen-bond acceptors (Lipinski definition) is 3. The Bertz CT molecular complexity index is 513. The molecule has 0 fully saturated rings. The molecule has 1 unspecified atom stereocenters. The van der Waals surface area contributed by atoms with Crippen LogP contribution in [0.25, 0.3) is 0 Å². The Morgan fingerprint density at radius 3 is 2.61 bits per heavy atom. The maximum atomic E-state index is 5.85. The van der Waals surface area contributed by atoms with E-state index in [9.17, 15) is 0 Å². The highest BCUT2D eigenvalue weighted by Gasteiger charge is 2.11. The van der Waals surface area contributed by atoms with E-state index in [4.69, 9.17) is 10.5 Å². The van der Waals surface area contributed by atoms with Crippen molar-refractivity contribution in [3.63, 3.8) is 0 Å². The highest BCUT2D eigenvalue weighted by molar-refractivity contribution is 9.10. The first-order valence-electron chi connectivity index (χ1n) is 5.73. The van der Waals surface area contributed by atoms with Gasteiger partial charge < -0.3 is 10.5 Å². The van der Waals surface area contributed by atoms with Crippen LogP contribution in [0.4, 0.5) is 0 Å². The summed E-state index contributed by atoms with van der Waals surface area (Å²) in [4.78, 5) is 4.07. The lowest BCUT2D eigenvalue weighted by atomic mass is 10.1. The average molecular weight is 307 g/mol. The van der Waals surface area contributed by atoms with E-state index < -0.39 is 0 Å². The van der Waals surface area contributed by atoms with Crippen molar-refractivity contribution in [2.75, 3.05) is 6.54 Å². The first-order chi connectivity index (χ1) is 8.69. The molecule has 2 aromatic rings. The second-order valence-corrected chi connectivity index (χ2v) is 5.01. The molecular weight excluding hydrogens is 292 g/mol. The Morgan fingerprint density at radius 2 is 2.00 bits per heavy atom. The van der Waals surface area contributed by atoms with Crippen LogP contribution in [0.15, 0.2) is 47.2 Å². The molecule has 0 radical (unpaired) electrons. The average Bonchev–Trinajstić information content (AvgIpc) is 2.37. The molecule has 3 nitrogen and oxygen atoms in total. The summed E-state index contributed by atoms with van der Waals surface area (Å²) < 4.78 is 6.74. The zero-order valence-corrected chi connectivity index (χ0v) is 11.7. The number of halogens is 1. The van der Waals surface area contributed by atoms with E-state index in [0.717, 1.165) is 10.0 Å². The summed E-state index contributed by atoms with van der Waals surface area (Å²) in [5, 5.41) is 0. The quantitative estimate of drug-likeness (QED) is 0.943. The molecule has 2 N–H and O–H groups in total. The van der Waals surface area contributed by atoms with Gasteiger partial charge in [-0.25, -0.2) is 0 Å². The fourth-order valence-corrected chi connectivity index (χ4v) is 2.00. The van der Waals surface area contributed by atoms with Crippen molar-refractivity contribution >= 4 is 15.9 Å². The molecule has 4 heteroatoms. The third kappa shape index (κ3) is 3.31. The van der Waals surface area contributed by atoms with Gasteiger partial charge in [-0.3, -0.25) is 4.98 Å². The van der Waals surface area contributed by atoms with Crippen molar-refractivity contribution in [3.8, 4) is 5.75 Å². The van der Waals surface area contributed by atoms with Gasteiger partial charge in [-0.1, -0.05) is 29.8 Å². The first kappa shape index (κ1) is 13.1. The summed E-state index contributed by atoms with van der Waals surface area (Å²) >= 11 is 3.37. The van der Waals surface area contributed by atoms with Crippen LogP contribution in [0, 0.1) is 6.92 Å². The molecular formula is C14H15BrN2O. The van der Waals surface area contributed by atoms with E-state index >= 15 is 0 Å². The summed E-state index contributed by atoms with van der Waals surface area (Å²) in [6.45, 7) is 2.48. The van der Waals surface area contributed by atoms with Crippen molar-refractivity contribution < 1.29 is 4.74 Å². The largest absolute Gasteiger partial charge is 0.483 e. The zero-order chi connectivity index (χ0) is 13.0. The summed E-state index contributed by atoms with van der Waals surface area (Å²) in [7, 11) is 0. The molecule has 1 aromatic carbocycles. The number of pyridine rings is 1. The second kappa shape index (κ2) is 5.98. The lowest BCUT2D eigenvalue weighted by Crippen LogP contribution is -2.18. The summed E-state index contributed by atoms with van der Waals surface area (Å²) in [6, 6.07) is 10.1. The molecule has 0 bridgehead atoms. The molecule has 0 aliphatic heterocycles. The standard InChI is InChI=1S/C14H15BrN2O/c1-10-2-4-11(5-3-10)14(7-16)18-13-6-12(15)8-17-9-13/h2-6,8-9,14H,7,16H2,1H3. The Balaban J connectivity index is 2.17. The highest BCUT2D eigenvalue weighted by atomic mass is 79.9. The van der Waals surface area contributed by atoms with Crippen LogP contribution < -0.4 is 10.5 Å². The minimum Gasteiger partial charge on any atom is -0.483 e. The van der Waals surface area contributed by atoms with E-state index in [1.54, 1.807) is 12.4 Å². The monoisotopic (exact) mass is 306 g/mol. The van der Waals surface area contributed by atoms with E-state index in [0.29, 0.717) is 12.3 Å². The van der Waals surface area contributed by atoms with Gasteiger partial charge in [-0.2, -0.15) is 0 Å². The van der Waals surface area contributed by atoms with Crippen molar-refractivity contribution in [2.45, 2.75) is 13.0 Å². The van der Waals surface area contributed by atoms with Gasteiger partial charge >= 0.3 is 0 Å². The van der Waals surface area contributed by atoms with Crippen LogP contribution in [-0.4, -0.2) is 11.5 Å². The maximum absolute atomic E-state index is 5.85. The Labute approximate surface area is 115 Å². The molecule has 1 atom stereocenters. The van der Waals surface area contributed by atoms with Gasteiger partial charge in [0.1, 0.15) is 11.9 Å². The van der Waals surface area contributed by atoms with Crippen molar-refractivity contribution in [1.29, 1.82) is 0 Å². The Morgan fingerprint density at radius 1 is 1.28 bits per heavy atom. The molecule has 18 heavy (non-hydrogen) atoms. The summed E-state index contributed by atoms with van der Waals surface area (Å²) in [5.41, 5.74) is 8.06. The Hall–Kier alpha value is -1.39. The van der Waals surface area contributed by atoms with Crippen LogP contribution in [0.2, 0.25) is 0 Å². The number of nitrogens with two attached hydrogens (primary N) is 1. The molecule has 2 rings (SSSR count). The molecule has 94 valence electrons. The van der Waals surface area contributed by atoms with Gasteiger partial charge in [0.15, 0.2) is 0 Å². The van der Waals surface area contributed by atoms with Crippen LogP contribution in [0.1, 0.15) is 17.2 Å². The van der Waals surface area contributed by atoms with Crippen LogP contribution in [0.5, 0.6) is 5.75 Å². The normalized spacial score (nSPS) is 12.2. The van der Waals surface area contributed by atoms with Gasteiger partial charge in [-0.15, -0.1) is 0 Å². The van der Waals surface area contributed by atoms with Gasteiger partial charge in [0, 0.05) is 17.2 Å². The maximum Gasteiger partial charge on any atom is 0.139 e. The minimum absolute atomic E-state index is 0.151. The molecule has 1 aromatic heterocycles.